The number of hydrogen-bond donors (Lipinski definition) is 2. The first kappa shape index (κ1) is 16.8. The molecule has 4 saturated heterocycles. The fourth-order valence-electron chi connectivity index (χ4n) is 5.28. The van der Waals surface area contributed by atoms with Gasteiger partial charge in [-0.25, -0.2) is 4.79 Å². The van der Waals surface area contributed by atoms with Crippen LogP contribution in [0.3, 0.4) is 0 Å². The van der Waals surface area contributed by atoms with Crippen molar-refractivity contribution in [3.63, 3.8) is 0 Å². The molecule has 0 aliphatic carbocycles. The molecule has 0 unspecified atom stereocenters. The van der Waals surface area contributed by atoms with E-state index in [1.807, 2.05) is 25.1 Å². The van der Waals surface area contributed by atoms with E-state index in [1.165, 1.54) is 0 Å². The van der Waals surface area contributed by atoms with Crippen LogP contribution < -0.4 is 10.6 Å². The first-order valence-electron chi connectivity index (χ1n) is 9.32. The minimum Gasteiger partial charge on any atom is -0.358 e. The van der Waals surface area contributed by atoms with Crippen molar-refractivity contribution >= 4 is 11.9 Å². The van der Waals surface area contributed by atoms with E-state index < -0.39 is 0 Å². The van der Waals surface area contributed by atoms with Crippen molar-refractivity contribution in [2.24, 2.45) is 5.92 Å². The lowest BCUT2D eigenvalue weighted by Gasteiger charge is -2.52. The average Bonchev–Trinajstić information content (AvgIpc) is 3.10. The predicted octanol–water partition coefficient (Wildman–Crippen LogP) is 0.672. The van der Waals surface area contributed by atoms with E-state index in [1.54, 1.807) is 6.08 Å². The molecule has 7 nitrogen and oxygen atoms in total. The number of likely N-dealkylation sites (N-methyl/N-ethyl adjacent to an activating group) is 1. The van der Waals surface area contributed by atoms with Gasteiger partial charge in [0.1, 0.15) is 6.23 Å². The van der Waals surface area contributed by atoms with Gasteiger partial charge in [-0.1, -0.05) is 6.08 Å². The van der Waals surface area contributed by atoms with Gasteiger partial charge in [-0.15, -0.1) is 0 Å². The Balaban J connectivity index is 1.50. The summed E-state index contributed by atoms with van der Waals surface area (Å²) in [5.74, 6) is 0.415. The highest BCUT2D eigenvalue weighted by Crippen LogP contribution is 2.48. The Morgan fingerprint density at radius 1 is 1.32 bits per heavy atom. The molecular formula is C18H28N4O3. The highest BCUT2D eigenvalue weighted by molar-refractivity contribution is 5.88. The molecule has 4 aliphatic heterocycles. The summed E-state index contributed by atoms with van der Waals surface area (Å²) in [4.78, 5) is 28.9. The van der Waals surface area contributed by atoms with Crippen molar-refractivity contribution in [2.75, 3.05) is 27.2 Å². The molecule has 0 saturated carbocycles. The Morgan fingerprint density at radius 3 is 2.72 bits per heavy atom. The number of amides is 3. The van der Waals surface area contributed by atoms with E-state index in [4.69, 9.17) is 4.74 Å². The van der Waals surface area contributed by atoms with Gasteiger partial charge in [0.25, 0.3) is 0 Å². The molecule has 0 aromatic rings. The first-order chi connectivity index (χ1) is 12.0. The smallest absolute Gasteiger partial charge is 0.317 e. The second kappa shape index (κ2) is 6.29. The second-order valence-corrected chi connectivity index (χ2v) is 8.14. The summed E-state index contributed by atoms with van der Waals surface area (Å²) >= 11 is 0. The van der Waals surface area contributed by atoms with Gasteiger partial charge < -0.3 is 25.2 Å². The third kappa shape index (κ3) is 2.93. The second-order valence-electron chi connectivity index (χ2n) is 8.14. The highest BCUT2D eigenvalue weighted by atomic mass is 16.5. The largest absolute Gasteiger partial charge is 0.358 e. The molecule has 0 aromatic carbocycles. The van der Waals surface area contributed by atoms with Crippen LogP contribution in [0.25, 0.3) is 0 Å². The van der Waals surface area contributed by atoms with Crippen molar-refractivity contribution in [1.29, 1.82) is 0 Å². The van der Waals surface area contributed by atoms with Gasteiger partial charge in [0.05, 0.1) is 5.54 Å². The van der Waals surface area contributed by atoms with E-state index in [0.717, 1.165) is 38.6 Å². The molecule has 138 valence electrons. The van der Waals surface area contributed by atoms with Crippen molar-refractivity contribution in [1.82, 2.24) is 20.4 Å². The first-order valence-corrected chi connectivity index (χ1v) is 9.32. The minimum absolute atomic E-state index is 0.115. The molecule has 4 rings (SSSR count). The predicted molar refractivity (Wildman–Crippen MR) is 92.8 cm³/mol. The van der Waals surface area contributed by atoms with E-state index in [-0.39, 0.29) is 35.8 Å². The maximum absolute atomic E-state index is 12.7. The van der Waals surface area contributed by atoms with Gasteiger partial charge in [0.2, 0.25) is 5.91 Å². The molecule has 0 radical (unpaired) electrons. The zero-order valence-corrected chi connectivity index (χ0v) is 15.0. The van der Waals surface area contributed by atoms with Crippen molar-refractivity contribution < 1.29 is 14.3 Å². The number of rotatable bonds is 3. The number of ether oxygens (including phenoxy) is 1. The van der Waals surface area contributed by atoms with Gasteiger partial charge in [-0.05, 0) is 46.2 Å². The summed E-state index contributed by atoms with van der Waals surface area (Å²) in [5.41, 5.74) is -0.223. The maximum atomic E-state index is 12.7. The van der Waals surface area contributed by atoms with Crippen LogP contribution in [-0.2, 0) is 9.53 Å². The Kier molecular flexibility index (Phi) is 4.24. The topological polar surface area (TPSA) is 73.9 Å². The quantitative estimate of drug-likeness (QED) is 0.736. The Labute approximate surface area is 148 Å². The fourth-order valence-corrected chi connectivity index (χ4v) is 5.28. The SMILES string of the molecule is CN(C)C/C=C/C(=O)N1[C@H]2CC[C@H]1CC1(C2)NC(=O)N[C@H]2OCC[C@H]21. The van der Waals surface area contributed by atoms with Crippen LogP contribution in [0, 0.1) is 5.92 Å². The van der Waals surface area contributed by atoms with Crippen LogP contribution in [0.4, 0.5) is 4.79 Å². The van der Waals surface area contributed by atoms with E-state index in [0.29, 0.717) is 12.5 Å². The standard InChI is InChI=1S/C18H28N4O3/c1-21(2)8-3-4-15(23)22-12-5-6-13(22)11-18(10-12)14-7-9-25-16(14)19-17(24)20-18/h3-4,12-14,16H,5-11H2,1-2H3,(H2,19,20,24)/b4-3+/t12-,13-,14+,16-/m0/s1. The van der Waals surface area contributed by atoms with Crippen LogP contribution in [0.15, 0.2) is 12.2 Å². The van der Waals surface area contributed by atoms with Gasteiger partial charge in [-0.2, -0.15) is 0 Å². The van der Waals surface area contributed by atoms with Crippen LogP contribution in [-0.4, -0.2) is 72.8 Å². The van der Waals surface area contributed by atoms with Gasteiger partial charge in [-0.3, -0.25) is 4.79 Å². The third-order valence-corrected chi connectivity index (χ3v) is 6.24. The van der Waals surface area contributed by atoms with E-state index in [9.17, 15) is 9.59 Å². The molecule has 4 heterocycles. The van der Waals surface area contributed by atoms with Crippen LogP contribution >= 0.6 is 0 Å². The number of piperidine rings is 1. The van der Waals surface area contributed by atoms with Gasteiger partial charge in [0.15, 0.2) is 0 Å². The number of nitrogens with zero attached hydrogens (tertiary/aromatic N) is 2. The molecular weight excluding hydrogens is 320 g/mol. The van der Waals surface area contributed by atoms with Crippen molar-refractivity contribution in [3.8, 4) is 0 Å². The maximum Gasteiger partial charge on any atom is 0.317 e. The summed E-state index contributed by atoms with van der Waals surface area (Å²) < 4.78 is 5.73. The summed E-state index contributed by atoms with van der Waals surface area (Å²) in [6.45, 7) is 1.46. The lowest BCUT2D eigenvalue weighted by atomic mass is 9.71. The van der Waals surface area contributed by atoms with Crippen LogP contribution in [0.2, 0.25) is 0 Å². The van der Waals surface area contributed by atoms with E-state index in [2.05, 4.69) is 15.5 Å². The number of carbonyl (C=O) groups excluding carboxylic acids is 2. The molecule has 3 amide bonds. The molecule has 25 heavy (non-hydrogen) atoms. The van der Waals surface area contributed by atoms with Crippen molar-refractivity contribution in [2.45, 2.75) is 56.0 Å². The number of hydrogen-bond acceptors (Lipinski definition) is 4. The Hall–Kier alpha value is -1.60. The fraction of sp³-hybridized carbons (Fsp3) is 0.778. The number of urea groups is 1. The van der Waals surface area contributed by atoms with Crippen LogP contribution in [0.5, 0.6) is 0 Å². The third-order valence-electron chi connectivity index (χ3n) is 6.24. The number of nitrogens with one attached hydrogen (secondary N) is 2. The molecule has 2 bridgehead atoms. The average molecular weight is 348 g/mol. The zero-order chi connectivity index (χ0) is 17.6. The summed E-state index contributed by atoms with van der Waals surface area (Å²) in [5, 5.41) is 6.13. The summed E-state index contributed by atoms with van der Waals surface area (Å²) in [7, 11) is 3.98. The molecule has 0 aromatic heterocycles. The lowest BCUT2D eigenvalue weighted by Crippen LogP contribution is -2.71. The van der Waals surface area contributed by atoms with Crippen LogP contribution in [0.1, 0.15) is 32.1 Å². The monoisotopic (exact) mass is 348 g/mol. The normalized spacial score (nSPS) is 39.8. The molecule has 4 atom stereocenters. The number of carbonyl (C=O) groups is 2. The lowest BCUT2D eigenvalue weighted by molar-refractivity contribution is -0.132. The molecule has 1 spiro atoms. The van der Waals surface area contributed by atoms with Gasteiger partial charge >= 0.3 is 6.03 Å². The highest BCUT2D eigenvalue weighted by Gasteiger charge is 2.58. The van der Waals surface area contributed by atoms with E-state index >= 15 is 0 Å². The Morgan fingerprint density at radius 2 is 2.04 bits per heavy atom. The Bertz CT molecular complexity index is 577. The molecule has 4 aliphatic rings. The molecule has 2 N–H and O–H groups in total. The minimum atomic E-state index is -0.223. The molecule has 4 fully saturated rings. The van der Waals surface area contributed by atoms with Crippen molar-refractivity contribution in [3.05, 3.63) is 12.2 Å². The van der Waals surface area contributed by atoms with Gasteiger partial charge in [0, 0.05) is 37.2 Å². The summed E-state index contributed by atoms with van der Waals surface area (Å²) in [6.07, 6.45) is 8.18. The number of fused-ring (bicyclic) bond motifs is 4. The summed E-state index contributed by atoms with van der Waals surface area (Å²) in [6, 6.07) is 0.304. The molecule has 7 heteroatoms. The zero-order valence-electron chi connectivity index (χ0n) is 15.0.